The third kappa shape index (κ3) is 5.88. The minimum atomic E-state index is -3.77. The topological polar surface area (TPSA) is 75.3 Å². The van der Waals surface area contributed by atoms with Crippen molar-refractivity contribution in [1.82, 2.24) is 10.0 Å². The second-order valence-corrected chi connectivity index (χ2v) is 11.2. The monoisotopic (exact) mass is 470 g/mol. The van der Waals surface area contributed by atoms with Crippen molar-refractivity contribution >= 4 is 43.2 Å². The standard InChI is InChI=1S/C19H23BrN2O3S2/c20-17-11-12-18(26-17)27(24,25)22-16(13-14-7-3-1-4-8-14)19(23)21-15-9-5-2-6-10-15/h1,3-4,7-8,11-12,15-16,22H,2,5-6,9-10,13H2,(H,21,23)/t16-/m0/s1. The van der Waals surface area contributed by atoms with Gasteiger partial charge in [-0.2, -0.15) is 4.72 Å². The van der Waals surface area contributed by atoms with Crippen molar-refractivity contribution in [3.8, 4) is 0 Å². The van der Waals surface area contributed by atoms with E-state index >= 15 is 0 Å². The van der Waals surface area contributed by atoms with Crippen LogP contribution in [-0.4, -0.2) is 26.4 Å². The third-order valence-electron chi connectivity index (χ3n) is 4.66. The zero-order chi connectivity index (χ0) is 19.3. The second kappa shape index (κ2) is 9.32. The van der Waals surface area contributed by atoms with E-state index in [0.29, 0.717) is 6.42 Å². The number of nitrogens with one attached hydrogen (secondary N) is 2. The fraction of sp³-hybridized carbons (Fsp3) is 0.421. The van der Waals surface area contributed by atoms with Gasteiger partial charge in [0.15, 0.2) is 0 Å². The van der Waals surface area contributed by atoms with Crippen LogP contribution in [0.25, 0.3) is 0 Å². The maximum atomic E-state index is 12.9. The van der Waals surface area contributed by atoms with Crippen molar-refractivity contribution in [3.63, 3.8) is 0 Å². The van der Waals surface area contributed by atoms with Crippen LogP contribution >= 0.6 is 27.3 Å². The molecule has 0 unspecified atom stereocenters. The van der Waals surface area contributed by atoms with Gasteiger partial charge in [0.2, 0.25) is 5.91 Å². The minimum absolute atomic E-state index is 0.130. The average Bonchev–Trinajstić information content (AvgIpc) is 3.10. The molecule has 1 fully saturated rings. The summed E-state index contributed by atoms with van der Waals surface area (Å²) < 4.78 is 29.0. The Morgan fingerprint density at radius 2 is 1.81 bits per heavy atom. The van der Waals surface area contributed by atoms with Crippen LogP contribution in [0.15, 0.2) is 50.5 Å². The summed E-state index contributed by atoms with van der Waals surface area (Å²) in [5, 5.41) is 3.05. The summed E-state index contributed by atoms with van der Waals surface area (Å²) in [7, 11) is -3.77. The van der Waals surface area contributed by atoms with E-state index in [4.69, 9.17) is 0 Å². The summed E-state index contributed by atoms with van der Waals surface area (Å²) in [4.78, 5) is 12.9. The number of sulfonamides is 1. The highest BCUT2D eigenvalue weighted by molar-refractivity contribution is 9.11. The lowest BCUT2D eigenvalue weighted by atomic mass is 9.95. The third-order valence-corrected chi connectivity index (χ3v) is 8.25. The zero-order valence-corrected chi connectivity index (χ0v) is 18.1. The first-order valence-corrected chi connectivity index (χ1v) is 12.2. The van der Waals surface area contributed by atoms with Gasteiger partial charge in [-0.1, -0.05) is 49.6 Å². The van der Waals surface area contributed by atoms with Gasteiger partial charge in [-0.25, -0.2) is 8.42 Å². The largest absolute Gasteiger partial charge is 0.352 e. The van der Waals surface area contributed by atoms with E-state index in [-0.39, 0.29) is 16.2 Å². The van der Waals surface area contributed by atoms with Gasteiger partial charge in [-0.05, 0) is 52.9 Å². The first-order chi connectivity index (χ1) is 12.9. The Kier molecular flexibility index (Phi) is 7.08. The Hall–Kier alpha value is -1.22. The number of thiophene rings is 1. The molecule has 1 atom stereocenters. The number of hydrogen-bond acceptors (Lipinski definition) is 4. The molecule has 0 radical (unpaired) electrons. The van der Waals surface area contributed by atoms with E-state index in [9.17, 15) is 13.2 Å². The minimum Gasteiger partial charge on any atom is -0.352 e. The molecule has 0 spiro atoms. The molecule has 0 aliphatic heterocycles. The molecule has 1 aliphatic rings. The number of carbonyl (C=O) groups is 1. The molecular formula is C19H23BrN2O3S2. The van der Waals surface area contributed by atoms with Crippen LogP contribution in [0.1, 0.15) is 37.7 Å². The van der Waals surface area contributed by atoms with Crippen LogP contribution in [0.2, 0.25) is 0 Å². The number of carbonyl (C=O) groups excluding carboxylic acids is 1. The quantitative estimate of drug-likeness (QED) is 0.644. The molecule has 3 rings (SSSR count). The molecular weight excluding hydrogens is 448 g/mol. The number of hydrogen-bond donors (Lipinski definition) is 2. The van der Waals surface area contributed by atoms with Gasteiger partial charge in [0.25, 0.3) is 10.0 Å². The summed E-state index contributed by atoms with van der Waals surface area (Å²) in [5.74, 6) is -0.259. The van der Waals surface area contributed by atoms with Gasteiger partial charge in [-0.15, -0.1) is 11.3 Å². The molecule has 8 heteroatoms. The van der Waals surface area contributed by atoms with E-state index in [1.807, 2.05) is 30.3 Å². The lowest BCUT2D eigenvalue weighted by molar-refractivity contribution is -0.123. The summed E-state index contributed by atoms with van der Waals surface area (Å²) in [6, 6.07) is 12.0. The maximum absolute atomic E-state index is 12.9. The molecule has 2 aromatic rings. The van der Waals surface area contributed by atoms with E-state index in [1.54, 1.807) is 6.07 Å². The van der Waals surface area contributed by atoms with Crippen LogP contribution in [0, 0.1) is 0 Å². The first kappa shape index (κ1) is 20.5. The molecule has 2 N–H and O–H groups in total. The number of rotatable bonds is 7. The van der Waals surface area contributed by atoms with Gasteiger partial charge in [0, 0.05) is 6.04 Å². The van der Waals surface area contributed by atoms with E-state index in [2.05, 4.69) is 26.0 Å². The predicted octanol–water partition coefficient (Wildman–Crippen LogP) is 3.85. The van der Waals surface area contributed by atoms with Crippen LogP contribution in [0.5, 0.6) is 0 Å². The highest BCUT2D eigenvalue weighted by Crippen LogP contribution is 2.26. The van der Waals surface area contributed by atoms with Crippen LogP contribution in [-0.2, 0) is 21.2 Å². The van der Waals surface area contributed by atoms with Gasteiger partial charge in [0.1, 0.15) is 10.3 Å². The summed E-state index contributed by atoms with van der Waals surface area (Å²) in [6.45, 7) is 0. The Morgan fingerprint density at radius 3 is 2.44 bits per heavy atom. The predicted molar refractivity (Wildman–Crippen MR) is 111 cm³/mol. The maximum Gasteiger partial charge on any atom is 0.250 e. The SMILES string of the molecule is O=C(NC1CCCCC1)[C@H](Cc1ccccc1)NS(=O)(=O)c1ccc(Br)s1. The molecule has 1 aromatic heterocycles. The number of benzene rings is 1. The molecule has 146 valence electrons. The van der Waals surface area contributed by atoms with Crippen LogP contribution in [0.3, 0.4) is 0 Å². The molecule has 5 nitrogen and oxygen atoms in total. The molecule has 1 amide bonds. The molecule has 27 heavy (non-hydrogen) atoms. The van der Waals surface area contributed by atoms with Crippen LogP contribution in [0.4, 0.5) is 0 Å². The Morgan fingerprint density at radius 1 is 1.11 bits per heavy atom. The van der Waals surface area contributed by atoms with Crippen molar-refractivity contribution < 1.29 is 13.2 Å². The summed E-state index contributed by atoms with van der Waals surface area (Å²) in [5.41, 5.74) is 0.913. The van der Waals surface area contributed by atoms with Crippen LogP contribution < -0.4 is 10.0 Å². The Labute approximate surface area is 172 Å². The summed E-state index contributed by atoms with van der Waals surface area (Å²) in [6.07, 6.45) is 5.61. The van der Waals surface area contributed by atoms with Gasteiger partial charge in [0.05, 0.1) is 3.79 Å². The Bertz CT molecular complexity index is 862. The van der Waals surface area contributed by atoms with Crippen molar-refractivity contribution in [2.75, 3.05) is 0 Å². The smallest absolute Gasteiger partial charge is 0.250 e. The highest BCUT2D eigenvalue weighted by Gasteiger charge is 2.28. The molecule has 1 heterocycles. The lowest BCUT2D eigenvalue weighted by Gasteiger charge is -2.26. The van der Waals surface area contributed by atoms with Gasteiger partial charge in [-0.3, -0.25) is 4.79 Å². The fourth-order valence-corrected chi connectivity index (χ4v) is 6.50. The van der Waals surface area contributed by atoms with Gasteiger partial charge < -0.3 is 5.32 Å². The average molecular weight is 471 g/mol. The van der Waals surface area contributed by atoms with Crippen molar-refractivity contribution in [1.29, 1.82) is 0 Å². The van der Waals surface area contributed by atoms with E-state index in [0.717, 1.165) is 46.4 Å². The molecule has 1 saturated carbocycles. The normalized spacial score (nSPS) is 16.8. The molecule has 1 aliphatic carbocycles. The summed E-state index contributed by atoms with van der Waals surface area (Å²) >= 11 is 4.41. The highest BCUT2D eigenvalue weighted by atomic mass is 79.9. The number of amides is 1. The fourth-order valence-electron chi connectivity index (χ4n) is 3.27. The first-order valence-electron chi connectivity index (χ1n) is 9.06. The Balaban J connectivity index is 1.77. The van der Waals surface area contributed by atoms with E-state index < -0.39 is 16.1 Å². The zero-order valence-electron chi connectivity index (χ0n) is 14.9. The van der Waals surface area contributed by atoms with Crippen molar-refractivity contribution in [2.24, 2.45) is 0 Å². The molecule has 0 bridgehead atoms. The van der Waals surface area contributed by atoms with E-state index in [1.165, 1.54) is 12.5 Å². The number of halogens is 1. The van der Waals surface area contributed by atoms with Crippen molar-refractivity contribution in [3.05, 3.63) is 51.8 Å². The second-order valence-electron chi connectivity index (χ2n) is 6.77. The lowest BCUT2D eigenvalue weighted by Crippen LogP contribution is -2.50. The van der Waals surface area contributed by atoms with Crippen molar-refractivity contribution in [2.45, 2.75) is 54.8 Å². The molecule has 1 aromatic carbocycles. The van der Waals surface area contributed by atoms with Gasteiger partial charge >= 0.3 is 0 Å². The molecule has 0 saturated heterocycles.